The predicted octanol–water partition coefficient (Wildman–Crippen LogP) is 3.18. The molecule has 36 heavy (non-hydrogen) atoms. The largest absolute Gasteiger partial charge is 0.492 e. The van der Waals surface area contributed by atoms with Crippen LogP contribution >= 0.6 is 0 Å². The average Bonchev–Trinajstić information content (AvgIpc) is 3.33. The van der Waals surface area contributed by atoms with Crippen molar-refractivity contribution in [1.29, 1.82) is 5.26 Å². The van der Waals surface area contributed by atoms with Crippen molar-refractivity contribution in [2.75, 3.05) is 51.3 Å². The van der Waals surface area contributed by atoms with Gasteiger partial charge >= 0.3 is 0 Å². The van der Waals surface area contributed by atoms with Gasteiger partial charge in [-0.15, -0.1) is 0 Å². The third-order valence-electron chi connectivity index (χ3n) is 7.41. The zero-order valence-electron chi connectivity index (χ0n) is 21.8. The van der Waals surface area contributed by atoms with Gasteiger partial charge in [0.1, 0.15) is 17.4 Å². The summed E-state index contributed by atoms with van der Waals surface area (Å²) in [4.78, 5) is 24.7. The van der Waals surface area contributed by atoms with Crippen LogP contribution in [0.25, 0.3) is 0 Å². The van der Waals surface area contributed by atoms with E-state index in [1.54, 1.807) is 6.07 Å². The summed E-state index contributed by atoms with van der Waals surface area (Å²) in [6, 6.07) is 7.93. The van der Waals surface area contributed by atoms with Gasteiger partial charge in [0.15, 0.2) is 0 Å². The number of likely N-dealkylation sites (N-methyl/N-ethyl adjacent to an activating group) is 1. The molecule has 2 aliphatic heterocycles. The first-order chi connectivity index (χ1) is 17.4. The number of aromatic nitrogens is 1. The number of hydrogen-bond donors (Lipinski definition) is 1. The van der Waals surface area contributed by atoms with Crippen LogP contribution in [-0.4, -0.2) is 78.3 Å². The molecule has 1 saturated heterocycles. The smallest absolute Gasteiger partial charge is 0.254 e. The van der Waals surface area contributed by atoms with Crippen LogP contribution in [0.3, 0.4) is 0 Å². The summed E-state index contributed by atoms with van der Waals surface area (Å²) in [6.45, 7) is 10.3. The Labute approximate surface area is 214 Å². The van der Waals surface area contributed by atoms with Crippen LogP contribution in [0.1, 0.15) is 66.0 Å². The summed E-state index contributed by atoms with van der Waals surface area (Å²) in [5.74, 6) is 0.499. The maximum absolute atomic E-state index is 13.9. The number of carbonyl (C=O) groups excluding carboxylic acids is 1. The van der Waals surface area contributed by atoms with Crippen molar-refractivity contribution in [3.8, 4) is 11.8 Å². The van der Waals surface area contributed by atoms with E-state index in [1.165, 1.54) is 6.20 Å². The summed E-state index contributed by atoms with van der Waals surface area (Å²) >= 11 is 0. The summed E-state index contributed by atoms with van der Waals surface area (Å²) < 4.78 is 5.65. The molecule has 0 aliphatic carbocycles. The van der Waals surface area contributed by atoms with Gasteiger partial charge in [-0.1, -0.05) is 6.92 Å². The Kier molecular flexibility index (Phi) is 8.12. The standard InChI is InChI=1S/C28H37N5O3/c1-5-31(4)10-7-20-13-24-23(26(14-20)32-11-8-22(34)18-32)9-12-33(28(24)35)19(3)25-15-27(36-6-2)21(16-29)17-30-25/h13-15,17,19,22,34H,5-12,18H2,1-4H3/t19?,22-/m0/s1. The number of pyridine rings is 1. The molecule has 8 heteroatoms. The molecule has 8 nitrogen and oxygen atoms in total. The first-order valence-electron chi connectivity index (χ1n) is 13.0. The molecule has 0 bridgehead atoms. The van der Waals surface area contributed by atoms with Crippen LogP contribution in [0.15, 0.2) is 24.4 Å². The zero-order chi connectivity index (χ0) is 25.8. The van der Waals surface area contributed by atoms with Crippen molar-refractivity contribution < 1.29 is 14.6 Å². The number of rotatable bonds is 9. The summed E-state index contributed by atoms with van der Waals surface area (Å²) in [5.41, 5.74) is 5.16. The number of ether oxygens (including phenoxy) is 1. The fourth-order valence-electron chi connectivity index (χ4n) is 5.09. The number of carbonyl (C=O) groups is 1. The Bertz CT molecular complexity index is 1140. The van der Waals surface area contributed by atoms with Crippen molar-refractivity contribution in [3.63, 3.8) is 0 Å². The summed E-state index contributed by atoms with van der Waals surface area (Å²) in [6.07, 6.45) is 3.56. The lowest BCUT2D eigenvalue weighted by atomic mass is 9.92. The van der Waals surface area contributed by atoms with E-state index in [-0.39, 0.29) is 18.1 Å². The maximum atomic E-state index is 13.9. The first-order valence-corrected chi connectivity index (χ1v) is 13.0. The van der Waals surface area contributed by atoms with Crippen molar-refractivity contribution in [2.24, 2.45) is 0 Å². The molecule has 2 aliphatic rings. The predicted molar refractivity (Wildman–Crippen MR) is 139 cm³/mol. The van der Waals surface area contributed by atoms with Gasteiger partial charge in [0.2, 0.25) is 0 Å². The van der Waals surface area contributed by atoms with E-state index in [1.807, 2.05) is 18.7 Å². The maximum Gasteiger partial charge on any atom is 0.254 e. The van der Waals surface area contributed by atoms with E-state index in [0.29, 0.717) is 36.7 Å². The number of nitrogens with zero attached hydrogens (tertiary/aromatic N) is 5. The number of nitriles is 1. The van der Waals surface area contributed by atoms with Crippen LogP contribution in [-0.2, 0) is 12.8 Å². The molecular weight excluding hydrogens is 454 g/mol. The third kappa shape index (κ3) is 5.32. The average molecular weight is 492 g/mol. The van der Waals surface area contributed by atoms with Crippen molar-refractivity contribution in [1.82, 2.24) is 14.8 Å². The van der Waals surface area contributed by atoms with Crippen LogP contribution in [0, 0.1) is 11.3 Å². The molecule has 0 saturated carbocycles. The Balaban J connectivity index is 1.66. The van der Waals surface area contributed by atoms with E-state index in [9.17, 15) is 15.2 Å². The van der Waals surface area contributed by atoms with Crippen molar-refractivity contribution >= 4 is 11.6 Å². The number of benzene rings is 1. The highest BCUT2D eigenvalue weighted by molar-refractivity contribution is 5.99. The van der Waals surface area contributed by atoms with E-state index >= 15 is 0 Å². The first kappa shape index (κ1) is 25.9. The fourth-order valence-corrected chi connectivity index (χ4v) is 5.09. The second-order valence-electron chi connectivity index (χ2n) is 9.75. The molecule has 1 amide bonds. The topological polar surface area (TPSA) is 92.9 Å². The Hall–Kier alpha value is -3.15. The molecular formula is C28H37N5O3. The highest BCUT2D eigenvalue weighted by atomic mass is 16.5. The summed E-state index contributed by atoms with van der Waals surface area (Å²) in [7, 11) is 2.10. The van der Waals surface area contributed by atoms with Crippen molar-refractivity contribution in [2.45, 2.75) is 52.2 Å². The lowest BCUT2D eigenvalue weighted by Crippen LogP contribution is -2.40. The second-order valence-corrected chi connectivity index (χ2v) is 9.75. The highest BCUT2D eigenvalue weighted by Crippen LogP contribution is 2.36. The minimum Gasteiger partial charge on any atom is -0.492 e. The van der Waals surface area contributed by atoms with Crippen molar-refractivity contribution in [3.05, 3.63) is 52.3 Å². The number of hydrogen-bond acceptors (Lipinski definition) is 7. The van der Waals surface area contributed by atoms with Gasteiger partial charge in [-0.25, -0.2) is 0 Å². The Morgan fingerprint density at radius 2 is 2.11 bits per heavy atom. The molecule has 1 aromatic heterocycles. The monoisotopic (exact) mass is 491 g/mol. The molecule has 1 unspecified atom stereocenters. The van der Waals surface area contributed by atoms with E-state index in [0.717, 1.165) is 61.3 Å². The molecule has 1 fully saturated rings. The fraction of sp³-hybridized carbons (Fsp3) is 0.536. The summed E-state index contributed by atoms with van der Waals surface area (Å²) in [5, 5.41) is 19.5. The number of anilines is 1. The molecule has 1 aromatic carbocycles. The van der Waals surface area contributed by atoms with Gasteiger partial charge in [-0.05, 0) is 70.0 Å². The van der Waals surface area contributed by atoms with Crippen LogP contribution in [0.4, 0.5) is 5.69 Å². The third-order valence-corrected chi connectivity index (χ3v) is 7.41. The zero-order valence-corrected chi connectivity index (χ0v) is 21.8. The molecule has 192 valence electrons. The quantitative estimate of drug-likeness (QED) is 0.576. The van der Waals surface area contributed by atoms with E-state index in [4.69, 9.17) is 4.74 Å². The Morgan fingerprint density at radius 1 is 1.31 bits per heavy atom. The van der Waals surface area contributed by atoms with Gasteiger partial charge in [0.25, 0.3) is 5.91 Å². The minimum atomic E-state index is -0.326. The number of aliphatic hydroxyl groups is 1. The van der Waals surface area contributed by atoms with Gasteiger partial charge in [0, 0.05) is 49.7 Å². The van der Waals surface area contributed by atoms with Gasteiger partial charge in [-0.2, -0.15) is 5.26 Å². The second kappa shape index (κ2) is 11.3. The number of fused-ring (bicyclic) bond motifs is 1. The minimum absolute atomic E-state index is 0.000406. The molecule has 0 radical (unpaired) electrons. The van der Waals surface area contributed by atoms with Crippen LogP contribution < -0.4 is 9.64 Å². The molecule has 1 N–H and O–H groups in total. The molecule has 0 spiro atoms. The van der Waals surface area contributed by atoms with E-state index in [2.05, 4.69) is 47.0 Å². The van der Waals surface area contributed by atoms with E-state index < -0.39 is 0 Å². The van der Waals surface area contributed by atoms with Crippen LogP contribution in [0.5, 0.6) is 5.75 Å². The Morgan fingerprint density at radius 3 is 2.78 bits per heavy atom. The lowest BCUT2D eigenvalue weighted by Gasteiger charge is -2.36. The molecule has 2 atom stereocenters. The number of amides is 1. The van der Waals surface area contributed by atoms with Crippen LogP contribution in [0.2, 0.25) is 0 Å². The van der Waals surface area contributed by atoms with Gasteiger partial charge < -0.3 is 24.5 Å². The number of aliphatic hydroxyl groups excluding tert-OH is 1. The molecule has 2 aromatic rings. The lowest BCUT2D eigenvalue weighted by molar-refractivity contribution is 0.0669. The highest BCUT2D eigenvalue weighted by Gasteiger charge is 2.33. The molecule has 4 rings (SSSR count). The SMILES string of the molecule is CCOc1cc(C(C)N2CCc3c(cc(CCN(C)CC)cc3N3CC[C@H](O)C3)C2=O)ncc1C#N. The molecule has 3 heterocycles. The number of β-amino-alcohol motifs (C(OH)–C–C–N with tert-alkyl or cyclic N) is 1. The van der Waals surface area contributed by atoms with Gasteiger partial charge in [0.05, 0.1) is 24.4 Å². The normalized spacial score (nSPS) is 18.4. The van der Waals surface area contributed by atoms with Gasteiger partial charge in [-0.3, -0.25) is 9.78 Å².